The zero-order valence-corrected chi connectivity index (χ0v) is 25.7. The van der Waals surface area contributed by atoms with E-state index in [0.29, 0.717) is 42.0 Å². The van der Waals surface area contributed by atoms with Crippen LogP contribution in [0.15, 0.2) is 24.7 Å². The van der Waals surface area contributed by atoms with E-state index in [1.807, 2.05) is 11.9 Å². The van der Waals surface area contributed by atoms with Crippen molar-refractivity contribution in [1.29, 1.82) is 5.26 Å². The van der Waals surface area contributed by atoms with Crippen molar-refractivity contribution in [3.8, 4) is 12.1 Å². The summed E-state index contributed by atoms with van der Waals surface area (Å²) in [5.41, 5.74) is 1.22. The number of likely N-dealkylation sites (tertiary alicyclic amines) is 1. The van der Waals surface area contributed by atoms with Gasteiger partial charge in [-0.1, -0.05) is 6.58 Å². The Hall–Kier alpha value is -4.45. The molecule has 0 bridgehead atoms. The van der Waals surface area contributed by atoms with Crippen LogP contribution in [0.4, 0.5) is 29.1 Å². The molecule has 2 aromatic heterocycles. The lowest BCUT2D eigenvalue weighted by Crippen LogP contribution is -2.55. The van der Waals surface area contributed by atoms with Crippen LogP contribution in [0.25, 0.3) is 10.9 Å². The molecule has 1 amide bonds. The quantitative estimate of drug-likeness (QED) is 0.300. The van der Waals surface area contributed by atoms with E-state index in [2.05, 4.69) is 27.7 Å². The number of carbonyl (C=O) groups is 1. The minimum atomic E-state index is -4.60. The molecule has 2 unspecified atom stereocenters. The molecule has 3 aromatic rings. The van der Waals surface area contributed by atoms with Crippen LogP contribution in [0.2, 0.25) is 0 Å². The summed E-state index contributed by atoms with van der Waals surface area (Å²) >= 11 is 0. The van der Waals surface area contributed by atoms with Gasteiger partial charge in [-0.2, -0.15) is 33.5 Å². The topological polar surface area (TPSA) is 118 Å². The number of ether oxygens (including phenoxy) is 1. The maximum absolute atomic E-state index is 14.5. The first kappa shape index (κ1) is 31.5. The number of carbonyl (C=O) groups excluding carboxylic acids is 1. The van der Waals surface area contributed by atoms with Crippen molar-refractivity contribution < 1.29 is 27.1 Å². The number of nitrogens with zero attached hydrogens (tertiary/aromatic N) is 8. The lowest BCUT2D eigenvalue weighted by molar-refractivity contribution is -0.137. The first-order chi connectivity index (χ1) is 22.0. The number of piperazine rings is 1. The van der Waals surface area contributed by atoms with Gasteiger partial charge in [-0.05, 0) is 51.4 Å². The Morgan fingerprint density at radius 3 is 2.70 bits per heavy atom. The van der Waals surface area contributed by atoms with Gasteiger partial charge >= 0.3 is 12.2 Å². The predicted molar refractivity (Wildman–Crippen MR) is 162 cm³/mol. The summed E-state index contributed by atoms with van der Waals surface area (Å²) in [6, 6.07) is 3.21. The molecule has 1 N–H and O–H groups in total. The third kappa shape index (κ3) is 5.93. The van der Waals surface area contributed by atoms with Crippen LogP contribution in [-0.2, 0) is 23.9 Å². The van der Waals surface area contributed by atoms with Crippen molar-refractivity contribution in [3.63, 3.8) is 0 Å². The molecule has 3 aliphatic heterocycles. The van der Waals surface area contributed by atoms with Crippen LogP contribution in [0.5, 0.6) is 6.01 Å². The molecule has 2 saturated heterocycles. The molecular formula is C31H35F4N9O2. The second-order valence-corrected chi connectivity index (χ2v) is 12.1. The van der Waals surface area contributed by atoms with E-state index in [1.54, 1.807) is 4.90 Å². The molecule has 0 spiro atoms. The summed E-state index contributed by atoms with van der Waals surface area (Å²) in [5.74, 6) is -1.40. The number of rotatable bonds is 7. The number of likely N-dealkylation sites (N-methyl/N-ethyl adjacent to an activating group) is 1. The monoisotopic (exact) mass is 641 g/mol. The number of hydrogen-bond donors (Lipinski definition) is 1. The molecule has 0 radical (unpaired) electrons. The fourth-order valence-electron chi connectivity index (χ4n) is 6.91. The summed E-state index contributed by atoms with van der Waals surface area (Å²) in [6.45, 7) is 6.83. The fraction of sp³-hybridized carbons (Fsp3) is 0.516. The number of nitrogens with one attached hydrogen (secondary N) is 1. The molecule has 6 rings (SSSR count). The smallest absolute Gasteiger partial charge is 0.418 e. The van der Waals surface area contributed by atoms with E-state index in [-0.39, 0.29) is 55.9 Å². The van der Waals surface area contributed by atoms with Gasteiger partial charge in [0.1, 0.15) is 12.4 Å². The van der Waals surface area contributed by atoms with E-state index < -0.39 is 29.5 Å². The first-order valence-corrected chi connectivity index (χ1v) is 15.2. The number of benzene rings is 1. The number of aromatic amines is 1. The highest BCUT2D eigenvalue weighted by Crippen LogP contribution is 2.44. The Labute approximate surface area is 263 Å². The second-order valence-electron chi connectivity index (χ2n) is 12.1. The lowest BCUT2D eigenvalue weighted by Gasteiger charge is -2.42. The SMILES string of the molecule is C=C(F)C(=O)N1CCN(c2nc(OCC3CCCN3C)nc3c2CCN(c2c(C(F)(F)F)c(C)cc4[nH]ncc24)C3)CC1CC#N. The van der Waals surface area contributed by atoms with Gasteiger partial charge in [-0.15, -0.1) is 0 Å². The van der Waals surface area contributed by atoms with Crippen molar-refractivity contribution in [2.75, 3.05) is 56.2 Å². The van der Waals surface area contributed by atoms with Crippen molar-refractivity contribution in [3.05, 3.63) is 47.1 Å². The number of alkyl halides is 3. The molecule has 15 heteroatoms. The molecule has 1 aromatic carbocycles. The summed E-state index contributed by atoms with van der Waals surface area (Å²) < 4.78 is 63.4. The van der Waals surface area contributed by atoms with E-state index in [0.717, 1.165) is 24.9 Å². The number of aryl methyl sites for hydroxylation is 1. The molecular weight excluding hydrogens is 606 g/mol. The third-order valence-corrected chi connectivity index (χ3v) is 9.22. The number of nitriles is 1. The molecule has 0 aliphatic carbocycles. The van der Waals surface area contributed by atoms with Gasteiger partial charge in [0.15, 0.2) is 5.83 Å². The number of amides is 1. The number of anilines is 2. The van der Waals surface area contributed by atoms with Gasteiger partial charge in [0, 0.05) is 43.2 Å². The first-order valence-electron chi connectivity index (χ1n) is 15.2. The van der Waals surface area contributed by atoms with Crippen LogP contribution < -0.4 is 14.5 Å². The highest BCUT2D eigenvalue weighted by atomic mass is 19.4. The Morgan fingerprint density at radius 2 is 2.00 bits per heavy atom. The van der Waals surface area contributed by atoms with Gasteiger partial charge < -0.3 is 24.3 Å². The van der Waals surface area contributed by atoms with E-state index >= 15 is 0 Å². The molecule has 3 aliphatic rings. The minimum Gasteiger partial charge on any atom is -0.462 e. The Balaban J connectivity index is 1.38. The standard InChI is InChI=1S/C31H35F4N9O2/c1-18-13-24-23(14-37-40-24)27(26(18)31(33,34)35)42-10-7-22-25(16-42)38-30(46-17-21-5-4-9-41(21)3)39-28(22)43-11-12-44(29(45)19(2)32)20(15-43)6-8-36/h13-14,20-21H,2,4-7,9-12,15-17H2,1,3H3,(H,37,40). The van der Waals surface area contributed by atoms with Crippen LogP contribution in [0.3, 0.4) is 0 Å². The van der Waals surface area contributed by atoms with E-state index in [1.165, 1.54) is 24.1 Å². The lowest BCUT2D eigenvalue weighted by atomic mass is 9.98. The van der Waals surface area contributed by atoms with Crippen molar-refractivity contribution in [2.24, 2.45) is 0 Å². The highest BCUT2D eigenvalue weighted by Gasteiger charge is 2.40. The second kappa shape index (κ2) is 12.4. The number of halogens is 4. The Kier molecular flexibility index (Phi) is 8.49. The van der Waals surface area contributed by atoms with Crippen LogP contribution in [-0.4, -0.2) is 94.3 Å². The van der Waals surface area contributed by atoms with Crippen molar-refractivity contribution in [1.82, 2.24) is 30.0 Å². The van der Waals surface area contributed by atoms with Crippen molar-refractivity contribution >= 4 is 28.3 Å². The minimum absolute atomic E-state index is 0.0256. The Bertz CT molecular complexity index is 1700. The number of fused-ring (bicyclic) bond motifs is 2. The number of aromatic nitrogens is 4. The van der Waals surface area contributed by atoms with Crippen LogP contribution in [0, 0.1) is 18.3 Å². The number of hydrogen-bond acceptors (Lipinski definition) is 9. The summed E-state index contributed by atoms with van der Waals surface area (Å²) in [7, 11) is 2.02. The van der Waals surface area contributed by atoms with Gasteiger partial charge in [0.05, 0.1) is 53.7 Å². The molecule has 5 heterocycles. The van der Waals surface area contributed by atoms with Gasteiger partial charge in [0.25, 0.3) is 5.91 Å². The van der Waals surface area contributed by atoms with Gasteiger partial charge in [-0.25, -0.2) is 4.39 Å². The van der Waals surface area contributed by atoms with Crippen molar-refractivity contribution in [2.45, 2.75) is 57.4 Å². The molecule has 0 saturated carbocycles. The Morgan fingerprint density at radius 1 is 1.20 bits per heavy atom. The summed E-state index contributed by atoms with van der Waals surface area (Å²) in [4.78, 5) is 29.2. The highest BCUT2D eigenvalue weighted by molar-refractivity contribution is 5.95. The zero-order chi connectivity index (χ0) is 32.7. The van der Waals surface area contributed by atoms with E-state index in [4.69, 9.17) is 14.7 Å². The largest absolute Gasteiger partial charge is 0.462 e. The van der Waals surface area contributed by atoms with Gasteiger partial charge in [-0.3, -0.25) is 9.89 Å². The normalized spacial score (nSPS) is 20.6. The average Bonchev–Trinajstić information content (AvgIpc) is 3.66. The number of H-pyrrole nitrogens is 1. The maximum Gasteiger partial charge on any atom is 0.418 e. The average molecular weight is 642 g/mol. The van der Waals surface area contributed by atoms with Crippen LogP contribution >= 0.6 is 0 Å². The third-order valence-electron chi connectivity index (χ3n) is 9.22. The molecule has 2 atom stereocenters. The summed E-state index contributed by atoms with van der Waals surface area (Å²) in [5, 5.41) is 16.7. The molecule has 244 valence electrons. The summed E-state index contributed by atoms with van der Waals surface area (Å²) in [6.07, 6.45) is -0.865. The zero-order valence-electron chi connectivity index (χ0n) is 25.7. The predicted octanol–water partition coefficient (Wildman–Crippen LogP) is 4.13. The maximum atomic E-state index is 14.5. The van der Waals surface area contributed by atoms with Crippen LogP contribution in [0.1, 0.15) is 41.6 Å². The fourth-order valence-corrected chi connectivity index (χ4v) is 6.91. The molecule has 11 nitrogen and oxygen atoms in total. The molecule has 46 heavy (non-hydrogen) atoms. The van der Waals surface area contributed by atoms with Gasteiger partial charge in [0.2, 0.25) is 0 Å². The molecule has 2 fully saturated rings. The van der Waals surface area contributed by atoms with E-state index in [9.17, 15) is 27.6 Å².